The number of fused-ring (bicyclic) bond motifs is 1. The minimum Gasteiger partial charge on any atom is -0.369 e. The van der Waals surface area contributed by atoms with Gasteiger partial charge in [0.1, 0.15) is 5.52 Å². The summed E-state index contributed by atoms with van der Waals surface area (Å²) in [6, 6.07) is 10.2. The lowest BCUT2D eigenvalue weighted by molar-refractivity contribution is 0.457. The first kappa shape index (κ1) is 13.5. The van der Waals surface area contributed by atoms with Crippen LogP contribution in [0.5, 0.6) is 0 Å². The first-order valence-corrected chi connectivity index (χ1v) is 7.80. The largest absolute Gasteiger partial charge is 0.369 e. The van der Waals surface area contributed by atoms with E-state index in [1.54, 1.807) is 11.3 Å². The first-order chi connectivity index (χ1) is 9.59. The number of halogens is 1. The second-order valence-electron chi connectivity index (χ2n) is 5.15. The summed E-state index contributed by atoms with van der Waals surface area (Å²) in [4.78, 5) is 5.72. The first-order valence-electron chi connectivity index (χ1n) is 6.55. The molecule has 0 saturated heterocycles. The van der Waals surface area contributed by atoms with Crippen molar-refractivity contribution >= 4 is 39.9 Å². The predicted octanol–water partition coefficient (Wildman–Crippen LogP) is 4.58. The van der Waals surface area contributed by atoms with Crippen molar-refractivity contribution in [2.45, 2.75) is 19.9 Å². The van der Waals surface area contributed by atoms with Gasteiger partial charge in [-0.05, 0) is 29.5 Å². The van der Waals surface area contributed by atoms with Gasteiger partial charge in [-0.25, -0.2) is 4.98 Å². The Balaban J connectivity index is 2.27. The Hall–Kier alpha value is -1.52. The molecule has 1 unspecified atom stereocenters. The average molecular weight is 306 g/mol. The van der Waals surface area contributed by atoms with E-state index in [0.717, 1.165) is 11.0 Å². The van der Waals surface area contributed by atoms with E-state index in [-0.39, 0.29) is 6.04 Å². The van der Waals surface area contributed by atoms with Crippen molar-refractivity contribution in [2.75, 3.05) is 5.73 Å². The summed E-state index contributed by atoms with van der Waals surface area (Å²) in [5.41, 5.74) is 7.93. The number of aromatic nitrogens is 2. The molecule has 5 heteroatoms. The van der Waals surface area contributed by atoms with E-state index >= 15 is 0 Å². The van der Waals surface area contributed by atoms with Crippen LogP contribution < -0.4 is 5.73 Å². The smallest absolute Gasteiger partial charge is 0.201 e. The van der Waals surface area contributed by atoms with Crippen molar-refractivity contribution < 1.29 is 0 Å². The minimum atomic E-state index is 0.179. The molecule has 2 aromatic heterocycles. The van der Waals surface area contributed by atoms with Crippen LogP contribution >= 0.6 is 22.9 Å². The van der Waals surface area contributed by atoms with Gasteiger partial charge in [0.2, 0.25) is 5.95 Å². The van der Waals surface area contributed by atoms with Crippen molar-refractivity contribution in [1.82, 2.24) is 9.55 Å². The Morgan fingerprint density at radius 3 is 2.70 bits per heavy atom. The number of hydrogen-bond donors (Lipinski definition) is 1. The van der Waals surface area contributed by atoms with Crippen LogP contribution in [0.1, 0.15) is 24.8 Å². The van der Waals surface area contributed by atoms with Gasteiger partial charge in [0.05, 0.1) is 16.6 Å². The number of nitrogens with zero attached hydrogens (tertiary/aromatic N) is 2. The van der Waals surface area contributed by atoms with E-state index in [4.69, 9.17) is 17.3 Å². The van der Waals surface area contributed by atoms with Crippen LogP contribution in [0.4, 0.5) is 5.95 Å². The lowest BCUT2D eigenvalue weighted by Gasteiger charge is -2.23. The number of benzene rings is 1. The zero-order valence-corrected chi connectivity index (χ0v) is 12.9. The molecule has 1 aromatic carbocycles. The topological polar surface area (TPSA) is 43.8 Å². The highest BCUT2D eigenvalue weighted by Gasteiger charge is 2.24. The maximum absolute atomic E-state index is 6.22. The van der Waals surface area contributed by atoms with Gasteiger partial charge in [-0.15, -0.1) is 11.3 Å². The van der Waals surface area contributed by atoms with Gasteiger partial charge in [0, 0.05) is 4.88 Å². The molecule has 2 heterocycles. The lowest BCUT2D eigenvalue weighted by Crippen LogP contribution is -2.17. The molecule has 0 aliphatic heterocycles. The third-order valence-corrected chi connectivity index (χ3v) is 4.69. The number of rotatable bonds is 3. The van der Waals surface area contributed by atoms with Crippen molar-refractivity contribution in [2.24, 2.45) is 5.92 Å². The minimum absolute atomic E-state index is 0.179. The predicted molar refractivity (Wildman–Crippen MR) is 86.5 cm³/mol. The maximum atomic E-state index is 6.22. The highest BCUT2D eigenvalue weighted by Crippen LogP contribution is 2.36. The highest BCUT2D eigenvalue weighted by atomic mass is 35.5. The molecular formula is C15H16ClN3S. The van der Waals surface area contributed by atoms with E-state index < -0.39 is 0 Å². The molecular weight excluding hydrogens is 290 g/mol. The number of hydrogen-bond acceptors (Lipinski definition) is 3. The molecule has 3 rings (SSSR count). The van der Waals surface area contributed by atoms with Crippen LogP contribution in [0, 0.1) is 5.92 Å². The Kier molecular flexibility index (Phi) is 3.44. The van der Waals surface area contributed by atoms with Gasteiger partial charge in [-0.2, -0.15) is 0 Å². The second kappa shape index (κ2) is 5.11. The maximum Gasteiger partial charge on any atom is 0.201 e. The monoisotopic (exact) mass is 305 g/mol. The van der Waals surface area contributed by atoms with Crippen molar-refractivity contribution in [3.63, 3.8) is 0 Å². The molecule has 3 aromatic rings. The number of nitrogens with two attached hydrogens (primary N) is 1. The lowest BCUT2D eigenvalue weighted by atomic mass is 10.0. The summed E-state index contributed by atoms with van der Waals surface area (Å²) < 4.78 is 2.09. The third kappa shape index (κ3) is 2.09. The van der Waals surface area contributed by atoms with E-state index in [0.29, 0.717) is 16.9 Å². The highest BCUT2D eigenvalue weighted by molar-refractivity contribution is 7.10. The Morgan fingerprint density at radius 2 is 2.05 bits per heavy atom. The number of nitrogen functional groups attached to an aromatic ring is 1. The van der Waals surface area contributed by atoms with E-state index in [9.17, 15) is 0 Å². The Labute approximate surface area is 127 Å². The molecule has 104 valence electrons. The molecule has 0 radical (unpaired) electrons. The van der Waals surface area contributed by atoms with Crippen LogP contribution in [0.2, 0.25) is 5.02 Å². The quantitative estimate of drug-likeness (QED) is 0.769. The molecule has 0 aliphatic rings. The second-order valence-corrected chi connectivity index (χ2v) is 6.54. The van der Waals surface area contributed by atoms with E-state index in [1.807, 2.05) is 18.2 Å². The molecule has 0 spiro atoms. The van der Waals surface area contributed by atoms with Gasteiger partial charge in [0.25, 0.3) is 0 Å². The Bertz CT molecular complexity index is 731. The van der Waals surface area contributed by atoms with Crippen LogP contribution in [-0.4, -0.2) is 9.55 Å². The van der Waals surface area contributed by atoms with Crippen molar-refractivity contribution in [3.8, 4) is 0 Å². The van der Waals surface area contributed by atoms with Crippen molar-refractivity contribution in [3.05, 3.63) is 45.6 Å². The zero-order valence-electron chi connectivity index (χ0n) is 11.4. The van der Waals surface area contributed by atoms with Gasteiger partial charge in [0.15, 0.2) is 0 Å². The number of para-hydroxylation sites is 1. The number of imidazole rings is 1. The van der Waals surface area contributed by atoms with Crippen LogP contribution in [0.25, 0.3) is 11.0 Å². The molecule has 0 aliphatic carbocycles. The van der Waals surface area contributed by atoms with Gasteiger partial charge in [-0.3, -0.25) is 0 Å². The molecule has 1 atom stereocenters. The SMILES string of the molecule is CC(C)C(c1cccs1)n1c(N)nc2c(Cl)cccc21. The fraction of sp³-hybridized carbons (Fsp3) is 0.267. The van der Waals surface area contributed by atoms with Crippen LogP contribution in [-0.2, 0) is 0 Å². The molecule has 20 heavy (non-hydrogen) atoms. The van der Waals surface area contributed by atoms with Crippen molar-refractivity contribution in [1.29, 1.82) is 0 Å². The molecule has 0 amide bonds. The summed E-state index contributed by atoms with van der Waals surface area (Å²) in [7, 11) is 0. The van der Waals surface area contributed by atoms with Gasteiger partial charge < -0.3 is 10.3 Å². The van der Waals surface area contributed by atoms with Crippen LogP contribution in [0.15, 0.2) is 35.7 Å². The average Bonchev–Trinajstić information content (AvgIpc) is 3.01. The summed E-state index contributed by atoms with van der Waals surface area (Å²) in [5.74, 6) is 0.924. The van der Waals surface area contributed by atoms with E-state index in [1.165, 1.54) is 4.88 Å². The summed E-state index contributed by atoms with van der Waals surface area (Å²) in [6.45, 7) is 4.39. The van der Waals surface area contributed by atoms with Gasteiger partial charge >= 0.3 is 0 Å². The summed E-state index contributed by atoms with van der Waals surface area (Å²) >= 11 is 7.96. The third-order valence-electron chi connectivity index (χ3n) is 3.44. The van der Waals surface area contributed by atoms with Gasteiger partial charge in [-0.1, -0.05) is 37.6 Å². The van der Waals surface area contributed by atoms with E-state index in [2.05, 4.69) is 40.9 Å². The molecule has 0 bridgehead atoms. The van der Waals surface area contributed by atoms with Crippen LogP contribution in [0.3, 0.4) is 0 Å². The summed E-state index contributed by atoms with van der Waals surface area (Å²) in [5, 5.41) is 2.73. The fourth-order valence-corrected chi connectivity index (χ4v) is 3.81. The zero-order chi connectivity index (χ0) is 14.3. The number of anilines is 1. The standard InChI is InChI=1S/C15H16ClN3S/c1-9(2)14(12-7-4-8-20-12)19-11-6-3-5-10(16)13(11)18-15(19)17/h3-9,14H,1-2H3,(H2,17,18). The molecule has 3 nitrogen and oxygen atoms in total. The Morgan fingerprint density at radius 1 is 1.25 bits per heavy atom. The molecule has 0 fully saturated rings. The molecule has 2 N–H and O–H groups in total. The normalized spacial score (nSPS) is 13.2. The summed E-state index contributed by atoms with van der Waals surface area (Å²) in [6.07, 6.45) is 0. The fourth-order valence-electron chi connectivity index (χ4n) is 2.61. The number of thiophene rings is 1. The molecule has 0 saturated carbocycles.